The van der Waals surface area contributed by atoms with Crippen LogP contribution in [0.15, 0.2) is 41.1 Å². The second kappa shape index (κ2) is 10.9. The van der Waals surface area contributed by atoms with Crippen LogP contribution in [0.2, 0.25) is 0 Å². The molecule has 0 aliphatic carbocycles. The molecule has 0 fully saturated rings. The van der Waals surface area contributed by atoms with Gasteiger partial charge in [-0.25, -0.2) is 4.98 Å². The normalized spacial score (nSPS) is 9.32. The number of anilines is 1. The third-order valence-corrected chi connectivity index (χ3v) is 2.73. The van der Waals surface area contributed by atoms with Crippen molar-refractivity contribution in [1.29, 1.82) is 0 Å². The van der Waals surface area contributed by atoms with Crippen LogP contribution in [0.5, 0.6) is 0 Å². The van der Waals surface area contributed by atoms with Crippen LogP contribution in [-0.4, -0.2) is 24.0 Å². The summed E-state index contributed by atoms with van der Waals surface area (Å²) in [5.74, 6) is 1.29. The molecule has 0 aliphatic rings. The van der Waals surface area contributed by atoms with Crippen molar-refractivity contribution in [3.63, 3.8) is 0 Å². The molecule has 2 heterocycles. The Kier molecular flexibility index (Phi) is 10.0. The van der Waals surface area contributed by atoms with Crippen LogP contribution in [-0.2, 0) is 6.54 Å². The summed E-state index contributed by atoms with van der Waals surface area (Å²) < 4.78 is 5.11. The van der Waals surface area contributed by atoms with Gasteiger partial charge in [-0.1, -0.05) is 6.07 Å². The van der Waals surface area contributed by atoms with Crippen molar-refractivity contribution in [2.45, 2.75) is 13.0 Å². The van der Waals surface area contributed by atoms with Gasteiger partial charge in [-0.15, -0.1) is 24.8 Å². The first-order valence-electron chi connectivity index (χ1n) is 6.50. The molecule has 0 aliphatic heterocycles. The molecule has 2 aromatic rings. The van der Waals surface area contributed by atoms with Gasteiger partial charge in [0.2, 0.25) is 0 Å². The third-order valence-electron chi connectivity index (χ3n) is 2.73. The Hall–Kier alpha value is -1.76. The molecule has 0 atom stereocenters. The lowest BCUT2D eigenvalue weighted by atomic mass is 10.3. The molecule has 4 N–H and O–H groups in total. The monoisotopic (exact) mass is 346 g/mol. The minimum absolute atomic E-state index is 0. The Labute approximate surface area is 141 Å². The molecule has 1 amide bonds. The van der Waals surface area contributed by atoms with E-state index in [2.05, 4.69) is 15.6 Å². The fourth-order valence-corrected chi connectivity index (χ4v) is 1.68. The lowest BCUT2D eigenvalue weighted by molar-refractivity contribution is 0.0953. The molecule has 0 unspecified atom stereocenters. The number of furan rings is 1. The number of carbonyl (C=O) groups excluding carboxylic acids is 1. The summed E-state index contributed by atoms with van der Waals surface area (Å²) in [5, 5.41) is 6.00. The van der Waals surface area contributed by atoms with Gasteiger partial charge >= 0.3 is 0 Å². The molecule has 0 aromatic carbocycles. The van der Waals surface area contributed by atoms with Gasteiger partial charge in [-0.2, -0.15) is 0 Å². The van der Waals surface area contributed by atoms with Crippen LogP contribution >= 0.6 is 24.8 Å². The number of amides is 1. The number of rotatable bonds is 7. The molecule has 2 rings (SSSR count). The summed E-state index contributed by atoms with van der Waals surface area (Å²) in [7, 11) is 0. The Morgan fingerprint density at radius 1 is 1.27 bits per heavy atom. The van der Waals surface area contributed by atoms with Gasteiger partial charge in [0.15, 0.2) is 0 Å². The van der Waals surface area contributed by atoms with Crippen molar-refractivity contribution in [3.8, 4) is 0 Å². The second-order valence-corrected chi connectivity index (χ2v) is 4.26. The molecule has 6 nitrogen and oxygen atoms in total. The standard InChI is InChI=1S/C14H18N4O2.2ClH/c15-9-12-8-11(10-20-12)14(19)18-7-3-6-17-13-4-1-2-5-16-13;;/h1-2,4-5,8,10H,3,6-7,9,15H2,(H,16,17)(H,18,19);2*1H. The van der Waals surface area contributed by atoms with E-state index in [1.807, 2.05) is 18.2 Å². The first kappa shape index (κ1) is 20.2. The number of halogens is 2. The summed E-state index contributed by atoms with van der Waals surface area (Å²) in [6.07, 6.45) is 3.96. The third kappa shape index (κ3) is 6.34. The number of hydrogen-bond donors (Lipinski definition) is 3. The van der Waals surface area contributed by atoms with Gasteiger partial charge in [0, 0.05) is 19.3 Å². The van der Waals surface area contributed by atoms with Crippen LogP contribution in [0.25, 0.3) is 0 Å². The van der Waals surface area contributed by atoms with Crippen molar-refractivity contribution in [2.75, 3.05) is 18.4 Å². The predicted molar refractivity (Wildman–Crippen MR) is 90.8 cm³/mol. The van der Waals surface area contributed by atoms with Crippen molar-refractivity contribution in [3.05, 3.63) is 48.0 Å². The van der Waals surface area contributed by atoms with Crippen molar-refractivity contribution >= 4 is 36.5 Å². The first-order valence-corrected chi connectivity index (χ1v) is 6.50. The molecular weight excluding hydrogens is 327 g/mol. The molecule has 0 saturated carbocycles. The topological polar surface area (TPSA) is 93.2 Å². The molecule has 22 heavy (non-hydrogen) atoms. The average molecular weight is 347 g/mol. The summed E-state index contributed by atoms with van der Waals surface area (Å²) >= 11 is 0. The van der Waals surface area contributed by atoms with Crippen LogP contribution < -0.4 is 16.4 Å². The van der Waals surface area contributed by atoms with E-state index in [4.69, 9.17) is 10.2 Å². The van der Waals surface area contributed by atoms with E-state index in [1.54, 1.807) is 12.3 Å². The van der Waals surface area contributed by atoms with Crippen molar-refractivity contribution in [2.24, 2.45) is 5.73 Å². The van der Waals surface area contributed by atoms with Gasteiger partial charge < -0.3 is 20.8 Å². The number of carbonyl (C=O) groups is 1. The van der Waals surface area contributed by atoms with E-state index in [1.165, 1.54) is 6.26 Å². The highest BCUT2D eigenvalue weighted by Crippen LogP contribution is 2.06. The van der Waals surface area contributed by atoms with Gasteiger partial charge in [-0.05, 0) is 24.6 Å². The number of nitrogens with zero attached hydrogens (tertiary/aromatic N) is 1. The molecule has 0 bridgehead atoms. The Bertz CT molecular complexity index is 549. The van der Waals surface area contributed by atoms with Crippen LogP contribution in [0.4, 0.5) is 5.82 Å². The summed E-state index contributed by atoms with van der Waals surface area (Å²) in [5.41, 5.74) is 5.92. The molecule has 0 saturated heterocycles. The van der Waals surface area contributed by atoms with E-state index < -0.39 is 0 Å². The van der Waals surface area contributed by atoms with E-state index in [0.29, 0.717) is 24.4 Å². The molecular formula is C14H20Cl2N4O2. The second-order valence-electron chi connectivity index (χ2n) is 4.26. The van der Waals surface area contributed by atoms with E-state index in [9.17, 15) is 4.79 Å². The van der Waals surface area contributed by atoms with Gasteiger partial charge in [0.25, 0.3) is 5.91 Å². The van der Waals surface area contributed by atoms with Crippen LogP contribution in [0.3, 0.4) is 0 Å². The first-order chi connectivity index (χ1) is 9.79. The maximum absolute atomic E-state index is 11.8. The van der Waals surface area contributed by atoms with E-state index in [0.717, 1.165) is 18.8 Å². The van der Waals surface area contributed by atoms with Crippen LogP contribution in [0.1, 0.15) is 22.5 Å². The van der Waals surface area contributed by atoms with Gasteiger partial charge in [-0.3, -0.25) is 4.79 Å². The minimum atomic E-state index is -0.147. The zero-order chi connectivity index (χ0) is 14.2. The molecule has 8 heteroatoms. The average Bonchev–Trinajstić information content (AvgIpc) is 2.97. The highest BCUT2D eigenvalue weighted by Gasteiger charge is 2.08. The van der Waals surface area contributed by atoms with Crippen LogP contribution in [0, 0.1) is 0 Å². The number of pyridine rings is 1. The zero-order valence-electron chi connectivity index (χ0n) is 12.0. The summed E-state index contributed by atoms with van der Waals surface area (Å²) in [6, 6.07) is 7.34. The lowest BCUT2D eigenvalue weighted by Gasteiger charge is -2.05. The maximum atomic E-state index is 11.8. The van der Waals surface area contributed by atoms with Crippen molar-refractivity contribution in [1.82, 2.24) is 10.3 Å². The Balaban J connectivity index is 0.00000220. The maximum Gasteiger partial charge on any atom is 0.254 e. The Morgan fingerprint density at radius 3 is 2.73 bits per heavy atom. The smallest absolute Gasteiger partial charge is 0.254 e. The molecule has 2 aromatic heterocycles. The van der Waals surface area contributed by atoms with E-state index in [-0.39, 0.29) is 30.7 Å². The number of aromatic nitrogens is 1. The SMILES string of the molecule is Cl.Cl.NCc1cc(C(=O)NCCCNc2ccccn2)co1. The van der Waals surface area contributed by atoms with Gasteiger partial charge in [0.1, 0.15) is 17.8 Å². The Morgan fingerprint density at radius 2 is 2.09 bits per heavy atom. The van der Waals surface area contributed by atoms with Crippen molar-refractivity contribution < 1.29 is 9.21 Å². The lowest BCUT2D eigenvalue weighted by Crippen LogP contribution is -2.25. The largest absolute Gasteiger partial charge is 0.467 e. The fourth-order valence-electron chi connectivity index (χ4n) is 1.68. The fraction of sp³-hybridized carbons (Fsp3) is 0.286. The predicted octanol–water partition coefficient (Wildman–Crippen LogP) is 2.21. The number of nitrogens with one attached hydrogen (secondary N) is 2. The summed E-state index contributed by atoms with van der Waals surface area (Å²) in [4.78, 5) is 15.9. The van der Waals surface area contributed by atoms with E-state index >= 15 is 0 Å². The van der Waals surface area contributed by atoms with Gasteiger partial charge in [0.05, 0.1) is 12.1 Å². The molecule has 122 valence electrons. The summed E-state index contributed by atoms with van der Waals surface area (Å²) in [6.45, 7) is 1.62. The highest BCUT2D eigenvalue weighted by molar-refractivity contribution is 5.93. The highest BCUT2D eigenvalue weighted by atomic mass is 35.5. The minimum Gasteiger partial charge on any atom is -0.467 e. The molecule has 0 radical (unpaired) electrons. The number of nitrogens with two attached hydrogens (primary N) is 1. The number of hydrogen-bond acceptors (Lipinski definition) is 5. The quantitative estimate of drug-likeness (QED) is 0.668. The molecule has 0 spiro atoms. The zero-order valence-corrected chi connectivity index (χ0v) is 13.6.